The summed E-state index contributed by atoms with van der Waals surface area (Å²) in [6.45, 7) is 0. The van der Waals surface area contributed by atoms with Crippen molar-refractivity contribution < 1.29 is 4.42 Å². The van der Waals surface area contributed by atoms with Crippen LogP contribution >= 0.6 is 11.3 Å². The average Bonchev–Trinajstić information content (AvgIpc) is 3.73. The van der Waals surface area contributed by atoms with Gasteiger partial charge in [-0.25, -0.2) is 15.0 Å². The number of aromatic nitrogens is 4. The van der Waals surface area contributed by atoms with Crippen LogP contribution < -0.4 is 0 Å². The Kier molecular flexibility index (Phi) is 5.98. The lowest BCUT2D eigenvalue weighted by Crippen LogP contribution is -2.00. The van der Waals surface area contributed by atoms with E-state index in [0.717, 1.165) is 55.1 Å². The fourth-order valence-corrected chi connectivity index (χ4v) is 7.90. The molecule has 0 radical (unpaired) electrons. The Hall–Kier alpha value is -6.24. The quantitative estimate of drug-likeness (QED) is 0.193. The maximum absolute atomic E-state index is 6.53. The summed E-state index contributed by atoms with van der Waals surface area (Å²) >= 11 is 1.81. The van der Waals surface area contributed by atoms with Gasteiger partial charge in [-0.3, -0.25) is 4.98 Å². The number of hydrogen-bond acceptors (Lipinski definition) is 6. The minimum Gasteiger partial charge on any atom is -0.456 e. The molecule has 0 saturated carbocycles. The monoisotopic (exact) mass is 632 g/mol. The van der Waals surface area contributed by atoms with Crippen molar-refractivity contribution in [2.45, 2.75) is 0 Å². The first-order valence-electron chi connectivity index (χ1n) is 15.8. The molecule has 0 amide bonds. The SMILES string of the molecule is c1ccc(-c2nc(-c3ccc4ccccc4c3)nc(-c3cc(-c4cccc5sc6ccccc6c45)cc4oc5ccncc5c34)n2)cc1. The van der Waals surface area contributed by atoms with Crippen LogP contribution in [0, 0.1) is 0 Å². The zero-order valence-corrected chi connectivity index (χ0v) is 26.3. The topological polar surface area (TPSA) is 64.7 Å². The van der Waals surface area contributed by atoms with Gasteiger partial charge in [0, 0.05) is 60.0 Å². The van der Waals surface area contributed by atoms with Gasteiger partial charge < -0.3 is 4.42 Å². The van der Waals surface area contributed by atoms with Crippen LogP contribution in [-0.2, 0) is 0 Å². The molecule has 0 spiro atoms. The normalized spacial score (nSPS) is 11.8. The number of nitrogens with zero attached hydrogens (tertiary/aromatic N) is 4. The van der Waals surface area contributed by atoms with Crippen LogP contribution in [0.25, 0.3) is 98.2 Å². The van der Waals surface area contributed by atoms with E-state index in [0.29, 0.717) is 17.5 Å². The molecule has 6 aromatic carbocycles. The van der Waals surface area contributed by atoms with E-state index in [9.17, 15) is 0 Å². The van der Waals surface area contributed by atoms with Gasteiger partial charge in [-0.1, -0.05) is 97.1 Å². The Morgan fingerprint density at radius 1 is 0.458 bits per heavy atom. The van der Waals surface area contributed by atoms with E-state index < -0.39 is 0 Å². The molecule has 0 fully saturated rings. The van der Waals surface area contributed by atoms with Crippen LogP contribution in [0.3, 0.4) is 0 Å². The van der Waals surface area contributed by atoms with Crippen molar-refractivity contribution in [2.24, 2.45) is 0 Å². The number of benzene rings is 6. The highest BCUT2D eigenvalue weighted by Crippen LogP contribution is 2.44. The summed E-state index contributed by atoms with van der Waals surface area (Å²) in [7, 11) is 0. The fourth-order valence-electron chi connectivity index (χ4n) is 6.77. The Balaban J connectivity index is 1.28. The third-order valence-electron chi connectivity index (χ3n) is 9.00. The first-order chi connectivity index (χ1) is 23.8. The second-order valence-electron chi connectivity index (χ2n) is 11.9. The minimum atomic E-state index is 0.577. The summed E-state index contributed by atoms with van der Waals surface area (Å²) < 4.78 is 9.04. The van der Waals surface area contributed by atoms with Crippen molar-refractivity contribution in [3.63, 3.8) is 0 Å². The zero-order chi connectivity index (χ0) is 31.6. The molecule has 5 nitrogen and oxygen atoms in total. The van der Waals surface area contributed by atoms with Crippen molar-refractivity contribution >= 4 is 64.2 Å². The smallest absolute Gasteiger partial charge is 0.164 e. The molecular weight excluding hydrogens is 609 g/mol. The number of rotatable bonds is 4. The lowest BCUT2D eigenvalue weighted by Gasteiger charge is -2.12. The summed E-state index contributed by atoms with van der Waals surface area (Å²) in [5.41, 5.74) is 6.42. The highest BCUT2D eigenvalue weighted by Gasteiger charge is 2.21. The van der Waals surface area contributed by atoms with E-state index in [1.54, 1.807) is 6.20 Å². The van der Waals surface area contributed by atoms with Gasteiger partial charge in [0.2, 0.25) is 0 Å². The molecule has 0 aliphatic carbocycles. The van der Waals surface area contributed by atoms with Crippen molar-refractivity contribution in [2.75, 3.05) is 0 Å². The summed E-state index contributed by atoms with van der Waals surface area (Å²) in [5, 5.41) is 6.62. The maximum atomic E-state index is 6.53. The van der Waals surface area contributed by atoms with Gasteiger partial charge >= 0.3 is 0 Å². The predicted molar refractivity (Wildman–Crippen MR) is 197 cm³/mol. The molecular formula is C42H24N4OS. The number of pyridine rings is 1. The number of hydrogen-bond donors (Lipinski definition) is 0. The molecule has 0 saturated heterocycles. The highest BCUT2D eigenvalue weighted by atomic mass is 32.1. The van der Waals surface area contributed by atoms with Gasteiger partial charge in [-0.15, -0.1) is 11.3 Å². The van der Waals surface area contributed by atoms with E-state index in [2.05, 4.69) is 102 Å². The maximum Gasteiger partial charge on any atom is 0.164 e. The van der Waals surface area contributed by atoms with E-state index >= 15 is 0 Å². The van der Waals surface area contributed by atoms with Gasteiger partial charge in [-0.2, -0.15) is 0 Å². The van der Waals surface area contributed by atoms with Crippen molar-refractivity contribution in [1.29, 1.82) is 0 Å². The van der Waals surface area contributed by atoms with Gasteiger partial charge in [0.05, 0.1) is 0 Å². The molecule has 0 aliphatic rings. The minimum absolute atomic E-state index is 0.577. The van der Waals surface area contributed by atoms with Crippen LogP contribution in [0.4, 0.5) is 0 Å². The molecule has 6 heteroatoms. The zero-order valence-electron chi connectivity index (χ0n) is 25.5. The fraction of sp³-hybridized carbons (Fsp3) is 0. The van der Waals surface area contributed by atoms with Crippen molar-refractivity contribution in [3.05, 3.63) is 146 Å². The Labute approximate surface area is 278 Å². The summed E-state index contributed by atoms with van der Waals surface area (Å²) in [6.07, 6.45) is 3.62. The van der Waals surface area contributed by atoms with Crippen LogP contribution in [0.1, 0.15) is 0 Å². The van der Waals surface area contributed by atoms with Gasteiger partial charge in [0.25, 0.3) is 0 Å². The molecule has 224 valence electrons. The second kappa shape index (κ2) is 10.7. The third kappa shape index (κ3) is 4.31. The van der Waals surface area contributed by atoms with E-state index in [-0.39, 0.29) is 0 Å². The molecule has 10 aromatic rings. The molecule has 0 atom stereocenters. The molecule has 0 N–H and O–H groups in total. The molecule has 0 bridgehead atoms. The van der Waals surface area contributed by atoms with Crippen LogP contribution in [0.2, 0.25) is 0 Å². The van der Waals surface area contributed by atoms with Gasteiger partial charge in [0.15, 0.2) is 17.5 Å². The molecule has 4 aromatic heterocycles. The van der Waals surface area contributed by atoms with Crippen LogP contribution in [0.15, 0.2) is 150 Å². The van der Waals surface area contributed by atoms with Gasteiger partial charge in [-0.05, 0) is 58.3 Å². The van der Waals surface area contributed by atoms with Gasteiger partial charge in [0.1, 0.15) is 11.2 Å². The Bertz CT molecular complexity index is 2860. The molecule has 48 heavy (non-hydrogen) atoms. The lowest BCUT2D eigenvalue weighted by molar-refractivity contribution is 0.668. The second-order valence-corrected chi connectivity index (χ2v) is 13.0. The van der Waals surface area contributed by atoms with E-state index in [1.165, 1.54) is 25.6 Å². The largest absolute Gasteiger partial charge is 0.456 e. The first kappa shape index (κ1) is 26.9. The molecule has 0 aliphatic heterocycles. The summed E-state index contributed by atoms with van der Waals surface area (Å²) in [6, 6.07) is 46.2. The Morgan fingerprint density at radius 3 is 2.15 bits per heavy atom. The van der Waals surface area contributed by atoms with E-state index in [1.807, 2.05) is 53.9 Å². The molecule has 4 heterocycles. The first-order valence-corrected chi connectivity index (χ1v) is 16.6. The number of furan rings is 1. The predicted octanol–water partition coefficient (Wildman–Crippen LogP) is 11.4. The van der Waals surface area contributed by atoms with Crippen molar-refractivity contribution in [1.82, 2.24) is 19.9 Å². The lowest BCUT2D eigenvalue weighted by atomic mass is 9.95. The molecule has 0 unspecified atom stereocenters. The Morgan fingerprint density at radius 2 is 1.23 bits per heavy atom. The molecule has 10 rings (SSSR count). The number of fused-ring (bicyclic) bond motifs is 7. The summed E-state index contributed by atoms with van der Waals surface area (Å²) in [5.74, 6) is 1.80. The highest BCUT2D eigenvalue weighted by molar-refractivity contribution is 7.25. The standard InChI is InChI=1S/C42H24N4OS/c1-2-10-26(11-3-1)40-44-41(28-18-17-25-9-4-5-12-27(25)21-28)46-42(45-40)32-22-29(23-35-38(32)33-24-43-20-19-34(33)47-35)30-14-8-16-37-39(30)31-13-6-7-15-36(31)48-37/h1-24H. The average molecular weight is 633 g/mol. The van der Waals surface area contributed by atoms with Crippen molar-refractivity contribution in [3.8, 4) is 45.3 Å². The van der Waals surface area contributed by atoms with Crippen LogP contribution in [-0.4, -0.2) is 19.9 Å². The third-order valence-corrected chi connectivity index (χ3v) is 10.1. The van der Waals surface area contributed by atoms with Crippen LogP contribution in [0.5, 0.6) is 0 Å². The summed E-state index contributed by atoms with van der Waals surface area (Å²) in [4.78, 5) is 19.8. The number of thiophene rings is 1. The van der Waals surface area contributed by atoms with E-state index in [4.69, 9.17) is 19.4 Å².